The minimum atomic E-state index is -1.25. The molecule has 0 spiro atoms. The van der Waals surface area contributed by atoms with E-state index in [1.54, 1.807) is 24.3 Å². The van der Waals surface area contributed by atoms with Crippen LogP contribution in [0.3, 0.4) is 0 Å². The van der Waals surface area contributed by atoms with Crippen LogP contribution >= 0.6 is 0 Å². The molecule has 0 aliphatic rings. The van der Waals surface area contributed by atoms with E-state index in [-0.39, 0.29) is 42.6 Å². The molecule has 8 heteroatoms. The zero-order valence-electron chi connectivity index (χ0n) is 19.1. The van der Waals surface area contributed by atoms with Gasteiger partial charge in [0.2, 0.25) is 0 Å². The van der Waals surface area contributed by atoms with E-state index >= 15 is 0 Å². The van der Waals surface area contributed by atoms with Crippen molar-refractivity contribution in [2.75, 3.05) is 13.7 Å². The average Bonchev–Trinajstić information content (AvgIpc) is 2.85. The summed E-state index contributed by atoms with van der Waals surface area (Å²) in [7, 11) is 1.50. The van der Waals surface area contributed by atoms with Gasteiger partial charge in [-0.25, -0.2) is 0 Å². The third-order valence-corrected chi connectivity index (χ3v) is 4.82. The van der Waals surface area contributed by atoms with Crippen molar-refractivity contribution in [1.29, 1.82) is 5.26 Å². The quantitative estimate of drug-likeness (QED) is 0.231. The van der Waals surface area contributed by atoms with Crippen molar-refractivity contribution in [2.45, 2.75) is 18.9 Å². The van der Waals surface area contributed by atoms with E-state index in [9.17, 15) is 9.90 Å². The Hall–Kier alpha value is -3.31. The van der Waals surface area contributed by atoms with Crippen molar-refractivity contribution in [2.24, 2.45) is 5.16 Å². The van der Waals surface area contributed by atoms with Gasteiger partial charge in [-0.05, 0) is 35.4 Å². The van der Waals surface area contributed by atoms with Gasteiger partial charge < -0.3 is 24.2 Å². The normalized spacial score (nSPS) is 11.5. The summed E-state index contributed by atoms with van der Waals surface area (Å²) in [5.74, 6) is -0.685. The first-order valence-corrected chi connectivity index (χ1v) is 10.3. The fourth-order valence-corrected chi connectivity index (χ4v) is 3.10. The largest absolute Gasteiger partial charge is 1.00 e. The topological polar surface area (TPSA) is 104 Å². The molecule has 0 N–H and O–H groups in total. The molecule has 34 heavy (non-hydrogen) atoms. The van der Waals surface area contributed by atoms with Gasteiger partial charge in [-0.3, -0.25) is 0 Å². The first-order valence-electron chi connectivity index (χ1n) is 10.3. The third kappa shape index (κ3) is 8.23. The van der Waals surface area contributed by atoms with Crippen LogP contribution in [0.1, 0.15) is 29.0 Å². The Kier molecular flexibility index (Phi) is 11.1. The van der Waals surface area contributed by atoms with Crippen molar-refractivity contribution >= 4 is 11.7 Å². The van der Waals surface area contributed by atoms with Crippen molar-refractivity contribution in [3.05, 3.63) is 95.6 Å². The maximum Gasteiger partial charge on any atom is 1.00 e. The number of carboxylic acids is 1. The van der Waals surface area contributed by atoms with E-state index in [2.05, 4.69) is 5.16 Å². The van der Waals surface area contributed by atoms with Crippen LogP contribution in [0.5, 0.6) is 11.5 Å². The van der Waals surface area contributed by atoms with Gasteiger partial charge >= 0.3 is 29.6 Å². The second-order valence-corrected chi connectivity index (χ2v) is 7.13. The summed E-state index contributed by atoms with van der Waals surface area (Å²) in [5, 5.41) is 23.9. The average molecular weight is 466 g/mol. The van der Waals surface area contributed by atoms with Gasteiger partial charge in [-0.15, -0.1) is 0 Å². The zero-order chi connectivity index (χ0) is 23.5. The Bertz CT molecular complexity index is 1110. The Balaban J connectivity index is 0.00000408. The number of aliphatic carboxylic acids is 1. The predicted octanol–water partition coefficient (Wildman–Crippen LogP) is 0.446. The molecule has 0 aliphatic carbocycles. The Morgan fingerprint density at radius 2 is 1.59 bits per heavy atom. The van der Waals surface area contributed by atoms with E-state index < -0.39 is 11.9 Å². The molecule has 0 saturated carbocycles. The molecule has 0 heterocycles. The number of hydrogen-bond acceptors (Lipinski definition) is 7. The molecule has 3 aromatic carbocycles. The Morgan fingerprint density at radius 3 is 2.18 bits per heavy atom. The molecule has 0 radical (unpaired) electrons. The first-order chi connectivity index (χ1) is 16.1. The number of ether oxygens (including phenoxy) is 2. The van der Waals surface area contributed by atoms with Crippen LogP contribution in [0.2, 0.25) is 0 Å². The predicted molar refractivity (Wildman–Crippen MR) is 121 cm³/mol. The number of hydrogen-bond donors (Lipinski definition) is 0. The van der Waals surface area contributed by atoms with Crippen molar-refractivity contribution in [1.82, 2.24) is 0 Å². The molecule has 3 rings (SSSR count). The van der Waals surface area contributed by atoms with E-state index in [0.717, 1.165) is 11.1 Å². The second-order valence-electron chi connectivity index (χ2n) is 7.13. The van der Waals surface area contributed by atoms with Crippen LogP contribution in [0.25, 0.3) is 0 Å². The van der Waals surface area contributed by atoms with Gasteiger partial charge in [0.25, 0.3) is 0 Å². The molecule has 0 aliphatic heterocycles. The molecule has 0 saturated heterocycles. The van der Waals surface area contributed by atoms with Gasteiger partial charge in [0.05, 0.1) is 12.0 Å². The molecule has 1 atom stereocenters. The molecule has 7 nitrogen and oxygen atoms in total. The molecule has 3 aromatic rings. The molecule has 168 valence electrons. The van der Waals surface area contributed by atoms with Crippen LogP contribution in [0.15, 0.2) is 84.0 Å². The van der Waals surface area contributed by atoms with Crippen LogP contribution in [0.4, 0.5) is 0 Å². The second kappa shape index (κ2) is 14.1. The monoisotopic (exact) mass is 466 g/mol. The van der Waals surface area contributed by atoms with Crippen LogP contribution in [-0.4, -0.2) is 25.4 Å². The number of carbonyl (C=O) groups excluding carboxylic acids is 1. The molecule has 0 fully saturated rings. The summed E-state index contributed by atoms with van der Waals surface area (Å²) in [5.41, 5.74) is 3.18. The molecule has 1 unspecified atom stereocenters. The SMILES string of the molecule is CON=C(COc1ccc(COc2ccc(C(C#N)CC(=O)[O-])cc2)cc1)c1ccccc1.[Na+]. The van der Waals surface area contributed by atoms with Crippen molar-refractivity contribution < 1.29 is 53.8 Å². The first kappa shape index (κ1) is 26.9. The molecule has 0 bridgehead atoms. The molecular formula is C26H23N2NaO5. The number of benzene rings is 3. The fourth-order valence-electron chi connectivity index (χ4n) is 3.10. The summed E-state index contributed by atoms with van der Waals surface area (Å²) in [4.78, 5) is 15.7. The van der Waals surface area contributed by atoms with E-state index in [4.69, 9.17) is 19.6 Å². The van der Waals surface area contributed by atoms with Crippen molar-refractivity contribution in [3.8, 4) is 17.6 Å². The van der Waals surface area contributed by atoms with E-state index in [1.165, 1.54) is 7.11 Å². The Labute approximate surface area is 220 Å². The molecule has 0 amide bonds. The van der Waals surface area contributed by atoms with Crippen LogP contribution in [-0.2, 0) is 16.2 Å². The molecular weight excluding hydrogens is 443 g/mol. The zero-order valence-corrected chi connectivity index (χ0v) is 21.1. The van der Waals surface area contributed by atoms with Gasteiger partial charge in [0.1, 0.15) is 37.5 Å². The number of nitrogens with zero attached hydrogens (tertiary/aromatic N) is 2. The number of carboxylic acid groups (broad SMARTS) is 1. The minimum absolute atomic E-state index is 0. The summed E-state index contributed by atoms with van der Waals surface area (Å²) in [6.45, 7) is 0.614. The number of carbonyl (C=O) groups is 1. The smallest absolute Gasteiger partial charge is 0.550 e. The van der Waals surface area contributed by atoms with E-state index in [1.807, 2.05) is 60.7 Å². The number of nitriles is 1. The van der Waals surface area contributed by atoms with Crippen LogP contribution < -0.4 is 44.1 Å². The van der Waals surface area contributed by atoms with Gasteiger partial charge in [-0.2, -0.15) is 5.26 Å². The summed E-state index contributed by atoms with van der Waals surface area (Å²) in [6, 6.07) is 26.0. The standard InChI is InChI=1S/C26H24N2O5.Na/c1-31-28-25(21-5-3-2-4-6-21)18-33-23-11-7-19(8-12-23)17-32-24-13-9-20(10-14-24)22(16-27)15-26(29)30;/h2-14,22H,15,17-18H2,1H3,(H,29,30);/q;+1/p-1. The molecule has 0 aromatic heterocycles. The summed E-state index contributed by atoms with van der Waals surface area (Å²) < 4.78 is 11.6. The van der Waals surface area contributed by atoms with Gasteiger partial charge in [0.15, 0.2) is 0 Å². The van der Waals surface area contributed by atoms with Gasteiger partial charge in [-0.1, -0.05) is 59.8 Å². The third-order valence-electron chi connectivity index (χ3n) is 4.82. The van der Waals surface area contributed by atoms with Crippen LogP contribution in [0, 0.1) is 11.3 Å². The summed E-state index contributed by atoms with van der Waals surface area (Å²) in [6.07, 6.45) is -0.338. The minimum Gasteiger partial charge on any atom is -0.550 e. The maximum absolute atomic E-state index is 10.8. The fraction of sp³-hybridized carbons (Fsp3) is 0.192. The number of rotatable bonds is 11. The van der Waals surface area contributed by atoms with Crippen molar-refractivity contribution in [3.63, 3.8) is 0 Å². The number of oxime groups is 1. The van der Waals surface area contributed by atoms with Gasteiger partial charge in [0, 0.05) is 18.0 Å². The Morgan fingerprint density at radius 1 is 0.971 bits per heavy atom. The van der Waals surface area contributed by atoms with E-state index in [0.29, 0.717) is 29.4 Å². The summed E-state index contributed by atoms with van der Waals surface area (Å²) >= 11 is 0. The maximum atomic E-state index is 10.8.